The molecule has 4 fully saturated rings. The van der Waals surface area contributed by atoms with Crippen LogP contribution in [-0.2, 0) is 28.5 Å². The predicted octanol–water partition coefficient (Wildman–Crippen LogP) is 4.33. The van der Waals surface area contributed by atoms with Gasteiger partial charge in [0.15, 0.2) is 11.9 Å². The van der Waals surface area contributed by atoms with Crippen LogP contribution in [0.5, 0.6) is 0 Å². The molecule has 0 bridgehead atoms. The summed E-state index contributed by atoms with van der Waals surface area (Å²) in [6, 6.07) is 0. The number of hydrogen-bond donors (Lipinski definition) is 0. The minimum absolute atomic E-state index is 0.0405. The molecule has 2 aliphatic heterocycles. The maximum atomic E-state index is 12.2. The molecule has 4 rings (SSSR count). The Morgan fingerprint density at radius 3 is 2.68 bits per heavy atom. The third-order valence-electron chi connectivity index (χ3n) is 8.30. The number of fused-ring (bicyclic) bond motifs is 3. The normalized spacial score (nSPS) is 43.2. The lowest BCUT2D eigenvalue weighted by Gasteiger charge is -2.63. The van der Waals surface area contributed by atoms with Crippen LogP contribution in [0.4, 0.5) is 0 Å². The number of carbonyl (C=O) groups excluding carboxylic acids is 2. The smallest absolute Gasteiger partial charge is 0.337 e. The average molecular weight is 433 g/mol. The summed E-state index contributed by atoms with van der Waals surface area (Å²) in [5.74, 6) is -0.633. The van der Waals surface area contributed by atoms with Crippen LogP contribution in [0.3, 0.4) is 0 Å². The monoisotopic (exact) mass is 432 g/mol. The van der Waals surface area contributed by atoms with Crippen LogP contribution in [-0.4, -0.2) is 43.1 Å². The minimum Gasteiger partial charge on any atom is -0.458 e. The highest BCUT2D eigenvalue weighted by Crippen LogP contribution is 2.63. The zero-order valence-electron chi connectivity index (χ0n) is 19.5. The first kappa shape index (κ1) is 22.5. The molecule has 1 unspecified atom stereocenters. The van der Waals surface area contributed by atoms with Gasteiger partial charge in [-0.3, -0.25) is 4.79 Å². The second-order valence-corrected chi connectivity index (χ2v) is 10.7. The maximum Gasteiger partial charge on any atom is 0.337 e. The summed E-state index contributed by atoms with van der Waals surface area (Å²) in [6.07, 6.45) is 6.31. The zero-order valence-corrected chi connectivity index (χ0v) is 19.5. The van der Waals surface area contributed by atoms with Gasteiger partial charge in [-0.25, -0.2) is 4.79 Å². The van der Waals surface area contributed by atoms with Gasteiger partial charge < -0.3 is 18.9 Å². The van der Waals surface area contributed by atoms with Gasteiger partial charge in [-0.15, -0.1) is 0 Å². The molecule has 31 heavy (non-hydrogen) atoms. The van der Waals surface area contributed by atoms with Gasteiger partial charge in [0.2, 0.25) is 0 Å². The molecule has 6 heteroatoms. The van der Waals surface area contributed by atoms with E-state index in [1.807, 2.05) is 19.9 Å². The summed E-state index contributed by atoms with van der Waals surface area (Å²) < 4.78 is 22.9. The second kappa shape index (κ2) is 7.73. The van der Waals surface area contributed by atoms with Crippen molar-refractivity contribution in [1.82, 2.24) is 0 Å². The van der Waals surface area contributed by atoms with Crippen LogP contribution in [0.2, 0.25) is 0 Å². The fraction of sp³-hybridized carbons (Fsp3) is 0.760. The predicted molar refractivity (Wildman–Crippen MR) is 115 cm³/mol. The van der Waals surface area contributed by atoms with Crippen molar-refractivity contribution in [2.45, 2.75) is 84.7 Å². The Bertz CT molecular complexity index is 813. The Labute approximate surface area is 185 Å². The lowest BCUT2D eigenvalue weighted by molar-refractivity contribution is -0.344. The van der Waals surface area contributed by atoms with Gasteiger partial charge in [0, 0.05) is 12.3 Å². The number of ether oxygens (including phenoxy) is 4. The molecule has 2 saturated carbocycles. The van der Waals surface area contributed by atoms with Crippen molar-refractivity contribution >= 4 is 11.9 Å². The number of rotatable bonds is 3. The van der Waals surface area contributed by atoms with Crippen molar-refractivity contribution in [3.05, 3.63) is 23.8 Å². The molecular formula is C25H36O6. The molecular weight excluding hydrogens is 396 g/mol. The molecule has 0 N–H and O–H groups in total. The van der Waals surface area contributed by atoms with Gasteiger partial charge in [-0.2, -0.15) is 0 Å². The zero-order chi connectivity index (χ0) is 22.6. The van der Waals surface area contributed by atoms with E-state index in [-0.39, 0.29) is 35.4 Å². The largest absolute Gasteiger partial charge is 0.458 e. The number of hydrogen-bond acceptors (Lipinski definition) is 6. The molecule has 0 spiro atoms. The molecule has 4 aliphatic rings. The van der Waals surface area contributed by atoms with Gasteiger partial charge in [0.05, 0.1) is 18.3 Å². The third-order valence-corrected chi connectivity index (χ3v) is 8.30. The van der Waals surface area contributed by atoms with Crippen LogP contribution in [0.1, 0.15) is 66.7 Å². The summed E-state index contributed by atoms with van der Waals surface area (Å²) in [6.45, 7) is 15.3. The first-order valence-electron chi connectivity index (χ1n) is 11.5. The molecule has 0 aromatic rings. The Kier molecular flexibility index (Phi) is 5.62. The molecule has 0 aromatic carbocycles. The average Bonchev–Trinajstić information content (AvgIpc) is 3.01. The Balaban J connectivity index is 1.59. The van der Waals surface area contributed by atoms with Crippen LogP contribution >= 0.6 is 0 Å². The molecule has 6 atom stereocenters. The standard InChI is InChI=1S/C25H36O6/c1-15-7-10-20-24(5,12-11-21-25(20,6)14-29-23(3,4)31-21)18(15)9-8-17-19(30-16(2)26)13-28-22(17)27/h8,18-21H,1,7,9-14H2,2-6H3/b17-8+/t18-,19-,20?,21-,24-,25+/m1/s1. The first-order valence-corrected chi connectivity index (χ1v) is 11.5. The van der Waals surface area contributed by atoms with Crippen LogP contribution < -0.4 is 0 Å². The van der Waals surface area contributed by atoms with Crippen molar-refractivity contribution in [2.75, 3.05) is 13.2 Å². The Morgan fingerprint density at radius 1 is 1.23 bits per heavy atom. The van der Waals surface area contributed by atoms with Crippen molar-refractivity contribution in [3.63, 3.8) is 0 Å². The highest BCUT2D eigenvalue weighted by molar-refractivity contribution is 5.92. The molecule has 172 valence electrons. The summed E-state index contributed by atoms with van der Waals surface area (Å²) in [5, 5.41) is 0. The second-order valence-electron chi connectivity index (χ2n) is 10.7. The van der Waals surface area contributed by atoms with Gasteiger partial charge in [-0.05, 0) is 63.2 Å². The molecule has 0 amide bonds. The van der Waals surface area contributed by atoms with E-state index in [4.69, 9.17) is 18.9 Å². The van der Waals surface area contributed by atoms with E-state index in [1.165, 1.54) is 12.5 Å². The van der Waals surface area contributed by atoms with Gasteiger partial charge >= 0.3 is 11.9 Å². The van der Waals surface area contributed by atoms with E-state index in [2.05, 4.69) is 20.4 Å². The SMILES string of the molecule is C=C1CCC2[C@](C)(CC[C@H]3OC(C)(C)OC[C@@]23C)[C@@H]1C/C=C1/C(=O)OC[C@H]1OC(C)=O. The molecule has 2 saturated heterocycles. The Morgan fingerprint density at radius 2 is 1.97 bits per heavy atom. The summed E-state index contributed by atoms with van der Waals surface area (Å²) >= 11 is 0. The Hall–Kier alpha value is -1.66. The maximum absolute atomic E-state index is 12.2. The van der Waals surface area contributed by atoms with E-state index >= 15 is 0 Å². The number of esters is 2. The van der Waals surface area contributed by atoms with E-state index in [0.717, 1.165) is 25.7 Å². The topological polar surface area (TPSA) is 71.1 Å². The third kappa shape index (κ3) is 3.86. The fourth-order valence-corrected chi connectivity index (χ4v) is 6.71. The van der Waals surface area contributed by atoms with Crippen molar-refractivity contribution in [3.8, 4) is 0 Å². The summed E-state index contributed by atoms with van der Waals surface area (Å²) in [5.41, 5.74) is 1.71. The van der Waals surface area contributed by atoms with Crippen LogP contribution in [0, 0.1) is 22.7 Å². The highest BCUT2D eigenvalue weighted by Gasteiger charge is 2.60. The lowest BCUT2D eigenvalue weighted by Crippen LogP contribution is -2.62. The summed E-state index contributed by atoms with van der Waals surface area (Å²) in [7, 11) is 0. The van der Waals surface area contributed by atoms with Gasteiger partial charge in [0.1, 0.15) is 6.61 Å². The van der Waals surface area contributed by atoms with E-state index in [9.17, 15) is 9.59 Å². The van der Waals surface area contributed by atoms with Crippen LogP contribution in [0.25, 0.3) is 0 Å². The number of allylic oxidation sites excluding steroid dienone is 2. The highest BCUT2D eigenvalue weighted by atomic mass is 16.7. The number of cyclic esters (lactones) is 1. The molecule has 0 aromatic heterocycles. The first-order chi connectivity index (χ1) is 14.5. The molecule has 0 radical (unpaired) electrons. The van der Waals surface area contributed by atoms with E-state index in [1.54, 1.807) is 0 Å². The van der Waals surface area contributed by atoms with Crippen molar-refractivity contribution < 1.29 is 28.5 Å². The van der Waals surface area contributed by atoms with E-state index in [0.29, 0.717) is 24.5 Å². The van der Waals surface area contributed by atoms with Gasteiger partial charge in [0.25, 0.3) is 0 Å². The lowest BCUT2D eigenvalue weighted by atomic mass is 9.46. The fourth-order valence-electron chi connectivity index (χ4n) is 6.71. The van der Waals surface area contributed by atoms with Crippen molar-refractivity contribution in [1.29, 1.82) is 0 Å². The van der Waals surface area contributed by atoms with Crippen molar-refractivity contribution in [2.24, 2.45) is 22.7 Å². The minimum atomic E-state index is -0.610. The summed E-state index contributed by atoms with van der Waals surface area (Å²) in [4.78, 5) is 23.7. The number of carbonyl (C=O) groups is 2. The van der Waals surface area contributed by atoms with Crippen LogP contribution in [0.15, 0.2) is 23.8 Å². The van der Waals surface area contributed by atoms with E-state index < -0.39 is 17.9 Å². The molecule has 2 aliphatic carbocycles. The quantitative estimate of drug-likeness (QED) is 0.376. The van der Waals surface area contributed by atoms with Gasteiger partial charge in [-0.1, -0.05) is 32.1 Å². The molecule has 2 heterocycles. The molecule has 6 nitrogen and oxygen atoms in total.